The van der Waals surface area contributed by atoms with Gasteiger partial charge >= 0.3 is 0 Å². The average Bonchev–Trinajstić information content (AvgIpc) is 2.51. The highest BCUT2D eigenvalue weighted by Crippen LogP contribution is 2.04. The number of aromatic nitrogens is 2. The largest absolute Gasteiger partial charge is 0.273 e. The van der Waals surface area contributed by atoms with Crippen LogP contribution in [-0.2, 0) is 6.54 Å². The summed E-state index contributed by atoms with van der Waals surface area (Å²) in [6, 6.07) is 2.06. The highest BCUT2D eigenvalue weighted by molar-refractivity contribution is 4.94. The lowest BCUT2D eigenvalue weighted by Crippen LogP contribution is -1.98. The molecule has 0 spiro atoms. The maximum absolute atomic E-state index is 4.35. The van der Waals surface area contributed by atoms with Gasteiger partial charge in [0.05, 0.1) is 5.69 Å². The Kier molecular flexibility index (Phi) is 4.58. The van der Waals surface area contributed by atoms with Gasteiger partial charge in [-0.1, -0.05) is 32.6 Å². The summed E-state index contributed by atoms with van der Waals surface area (Å²) >= 11 is 0. The summed E-state index contributed by atoms with van der Waals surface area (Å²) < 4.78 is 2.04. The van der Waals surface area contributed by atoms with Crippen LogP contribution in [0.5, 0.6) is 0 Å². The van der Waals surface area contributed by atoms with Crippen molar-refractivity contribution in [1.29, 1.82) is 0 Å². The van der Waals surface area contributed by atoms with E-state index >= 15 is 0 Å². The minimum absolute atomic E-state index is 1.08. The minimum atomic E-state index is 1.08. The van der Waals surface area contributed by atoms with E-state index in [1.165, 1.54) is 32.1 Å². The molecule has 0 saturated heterocycles. The van der Waals surface area contributed by atoms with Gasteiger partial charge in [0.25, 0.3) is 0 Å². The number of nitrogens with zero attached hydrogens (tertiary/aromatic N) is 2. The van der Waals surface area contributed by atoms with Crippen molar-refractivity contribution in [3.8, 4) is 0 Å². The van der Waals surface area contributed by atoms with E-state index in [0.717, 1.165) is 12.2 Å². The molecule has 0 fully saturated rings. The molecule has 1 aromatic heterocycles. The lowest BCUT2D eigenvalue weighted by atomic mass is 10.1. The molecule has 74 valence electrons. The number of aryl methyl sites for hydroxylation is 2. The molecule has 0 bridgehead atoms. The first-order valence-electron chi connectivity index (χ1n) is 5.33. The lowest BCUT2D eigenvalue weighted by molar-refractivity contribution is 0.531. The van der Waals surface area contributed by atoms with E-state index in [1.807, 2.05) is 11.6 Å². The molecule has 0 amide bonds. The Labute approximate surface area is 81.0 Å². The molecule has 13 heavy (non-hydrogen) atoms. The number of hydrogen-bond donors (Lipinski definition) is 0. The van der Waals surface area contributed by atoms with E-state index in [4.69, 9.17) is 0 Å². The molecular weight excluding hydrogens is 160 g/mol. The second-order valence-electron chi connectivity index (χ2n) is 3.63. The van der Waals surface area contributed by atoms with Crippen LogP contribution in [0.2, 0.25) is 0 Å². The van der Waals surface area contributed by atoms with Gasteiger partial charge in [-0.15, -0.1) is 0 Å². The predicted molar refractivity (Wildman–Crippen MR) is 55.7 cm³/mol. The third-order valence-electron chi connectivity index (χ3n) is 2.26. The zero-order valence-corrected chi connectivity index (χ0v) is 8.79. The van der Waals surface area contributed by atoms with Gasteiger partial charge in [0.2, 0.25) is 0 Å². The maximum Gasteiger partial charge on any atom is 0.0593 e. The average molecular weight is 180 g/mol. The Hall–Kier alpha value is -0.790. The molecule has 0 radical (unpaired) electrons. The summed E-state index contributed by atoms with van der Waals surface area (Å²) in [7, 11) is 0. The van der Waals surface area contributed by atoms with Gasteiger partial charge in [0, 0.05) is 12.7 Å². The standard InChI is InChI=1S/C11H20N2/c1-3-4-5-6-7-9-13-10-8-11(2)12-13/h8,10H,3-7,9H2,1-2H3. The molecule has 0 aliphatic carbocycles. The fourth-order valence-corrected chi connectivity index (χ4v) is 1.47. The van der Waals surface area contributed by atoms with Crippen molar-refractivity contribution in [2.75, 3.05) is 0 Å². The van der Waals surface area contributed by atoms with Crippen LogP contribution in [-0.4, -0.2) is 9.78 Å². The van der Waals surface area contributed by atoms with Crippen molar-refractivity contribution < 1.29 is 0 Å². The molecule has 0 aliphatic heterocycles. The van der Waals surface area contributed by atoms with E-state index in [1.54, 1.807) is 0 Å². The van der Waals surface area contributed by atoms with E-state index in [0.29, 0.717) is 0 Å². The lowest BCUT2D eigenvalue weighted by Gasteiger charge is -2.00. The molecule has 0 saturated carbocycles. The minimum Gasteiger partial charge on any atom is -0.273 e. The van der Waals surface area contributed by atoms with Gasteiger partial charge in [0.15, 0.2) is 0 Å². The quantitative estimate of drug-likeness (QED) is 0.615. The topological polar surface area (TPSA) is 17.8 Å². The summed E-state index contributed by atoms with van der Waals surface area (Å²) in [6.07, 6.45) is 8.73. The second kappa shape index (κ2) is 5.79. The Bertz CT molecular complexity index is 228. The summed E-state index contributed by atoms with van der Waals surface area (Å²) in [5.41, 5.74) is 1.12. The van der Waals surface area contributed by atoms with Crippen molar-refractivity contribution >= 4 is 0 Å². The molecule has 0 aliphatic rings. The molecule has 2 heteroatoms. The number of unbranched alkanes of at least 4 members (excludes halogenated alkanes) is 4. The van der Waals surface area contributed by atoms with Crippen molar-refractivity contribution in [2.45, 2.75) is 52.5 Å². The van der Waals surface area contributed by atoms with E-state index in [-0.39, 0.29) is 0 Å². The molecule has 1 aromatic rings. The van der Waals surface area contributed by atoms with Gasteiger partial charge < -0.3 is 0 Å². The zero-order chi connectivity index (χ0) is 9.52. The monoisotopic (exact) mass is 180 g/mol. The van der Waals surface area contributed by atoms with E-state index in [2.05, 4.69) is 24.3 Å². The third-order valence-corrected chi connectivity index (χ3v) is 2.26. The van der Waals surface area contributed by atoms with Crippen LogP contribution in [0.3, 0.4) is 0 Å². The molecular formula is C11H20N2. The van der Waals surface area contributed by atoms with Crippen LogP contribution < -0.4 is 0 Å². The van der Waals surface area contributed by atoms with Crippen LogP contribution in [0.25, 0.3) is 0 Å². The normalized spacial score (nSPS) is 10.6. The van der Waals surface area contributed by atoms with E-state index < -0.39 is 0 Å². The first-order valence-corrected chi connectivity index (χ1v) is 5.33. The smallest absolute Gasteiger partial charge is 0.0593 e. The van der Waals surface area contributed by atoms with Crippen LogP contribution in [0.4, 0.5) is 0 Å². The molecule has 1 heterocycles. The first kappa shape index (κ1) is 10.3. The summed E-state index contributed by atoms with van der Waals surface area (Å²) in [4.78, 5) is 0. The molecule has 0 aromatic carbocycles. The van der Waals surface area contributed by atoms with Crippen LogP contribution in [0, 0.1) is 6.92 Å². The fourth-order valence-electron chi connectivity index (χ4n) is 1.47. The van der Waals surface area contributed by atoms with Crippen molar-refractivity contribution in [2.24, 2.45) is 0 Å². The van der Waals surface area contributed by atoms with Crippen LogP contribution in [0.15, 0.2) is 12.3 Å². The summed E-state index contributed by atoms with van der Waals surface area (Å²) in [5, 5.41) is 4.35. The van der Waals surface area contributed by atoms with Crippen molar-refractivity contribution in [3.05, 3.63) is 18.0 Å². The molecule has 0 unspecified atom stereocenters. The zero-order valence-electron chi connectivity index (χ0n) is 8.79. The van der Waals surface area contributed by atoms with Crippen LogP contribution in [0.1, 0.15) is 44.7 Å². The first-order chi connectivity index (χ1) is 6.33. The van der Waals surface area contributed by atoms with Gasteiger partial charge in [-0.3, -0.25) is 4.68 Å². The Balaban J connectivity index is 2.06. The van der Waals surface area contributed by atoms with E-state index in [9.17, 15) is 0 Å². The molecule has 0 N–H and O–H groups in total. The Morgan fingerprint density at radius 2 is 2.00 bits per heavy atom. The number of hydrogen-bond acceptors (Lipinski definition) is 1. The van der Waals surface area contributed by atoms with Crippen LogP contribution >= 0.6 is 0 Å². The third kappa shape index (κ3) is 4.11. The highest BCUT2D eigenvalue weighted by atomic mass is 15.3. The van der Waals surface area contributed by atoms with Crippen molar-refractivity contribution in [3.63, 3.8) is 0 Å². The predicted octanol–water partition coefficient (Wildman–Crippen LogP) is 3.16. The highest BCUT2D eigenvalue weighted by Gasteiger charge is 1.93. The SMILES string of the molecule is CCCCCCCn1ccc(C)n1. The molecule has 1 rings (SSSR count). The molecule has 2 nitrogen and oxygen atoms in total. The summed E-state index contributed by atoms with van der Waals surface area (Å²) in [6.45, 7) is 5.36. The van der Waals surface area contributed by atoms with Gasteiger partial charge in [-0.2, -0.15) is 5.10 Å². The fraction of sp³-hybridized carbons (Fsp3) is 0.727. The van der Waals surface area contributed by atoms with Gasteiger partial charge in [0.1, 0.15) is 0 Å². The van der Waals surface area contributed by atoms with Gasteiger partial charge in [-0.25, -0.2) is 0 Å². The Morgan fingerprint density at radius 3 is 2.62 bits per heavy atom. The molecule has 0 atom stereocenters. The van der Waals surface area contributed by atoms with Gasteiger partial charge in [-0.05, 0) is 19.4 Å². The number of rotatable bonds is 6. The maximum atomic E-state index is 4.35. The second-order valence-corrected chi connectivity index (χ2v) is 3.63. The van der Waals surface area contributed by atoms with Crippen molar-refractivity contribution in [1.82, 2.24) is 9.78 Å². The summed E-state index contributed by atoms with van der Waals surface area (Å²) in [5.74, 6) is 0. The Morgan fingerprint density at radius 1 is 1.23 bits per heavy atom.